The summed E-state index contributed by atoms with van der Waals surface area (Å²) in [4.78, 5) is 4.60. The van der Waals surface area contributed by atoms with Crippen LogP contribution in [0, 0.1) is 12.3 Å². The highest BCUT2D eigenvalue weighted by atomic mass is 14.7. The monoisotopic (exact) mass is 229 g/mol. The van der Waals surface area contributed by atoms with Gasteiger partial charge < -0.3 is 0 Å². The van der Waals surface area contributed by atoms with Crippen molar-refractivity contribution in [2.45, 2.75) is 53.4 Å². The lowest BCUT2D eigenvalue weighted by molar-refractivity contribution is 0.349. The molecule has 1 aromatic heterocycles. The highest BCUT2D eigenvalue weighted by molar-refractivity contribution is 5.32. The summed E-state index contributed by atoms with van der Waals surface area (Å²) in [6, 6.07) is 4.36. The van der Waals surface area contributed by atoms with Gasteiger partial charge >= 0.3 is 0 Å². The lowest BCUT2D eigenvalue weighted by Crippen LogP contribution is -2.23. The lowest BCUT2D eigenvalue weighted by Gasteiger charge is -2.37. The van der Waals surface area contributed by atoms with Crippen molar-refractivity contribution in [1.29, 1.82) is 0 Å². The van der Waals surface area contributed by atoms with E-state index in [9.17, 15) is 0 Å². The molecule has 1 unspecified atom stereocenters. The molecule has 0 radical (unpaired) electrons. The van der Waals surface area contributed by atoms with E-state index in [-0.39, 0.29) is 0 Å². The Kier molecular flexibility index (Phi) is 3.11. The van der Waals surface area contributed by atoms with Crippen LogP contribution in [-0.4, -0.2) is 4.98 Å². The number of rotatable bonds is 1. The summed E-state index contributed by atoms with van der Waals surface area (Å²) < 4.78 is 0. The van der Waals surface area contributed by atoms with Gasteiger partial charge in [-0.1, -0.05) is 31.1 Å². The number of hydrogen-bond donors (Lipinski definition) is 0. The average Bonchev–Trinajstić information content (AvgIpc) is 2.28. The summed E-state index contributed by atoms with van der Waals surface area (Å²) in [6.07, 6.45) is 4.47. The maximum atomic E-state index is 4.60. The van der Waals surface area contributed by atoms with Crippen molar-refractivity contribution in [3.63, 3.8) is 0 Å². The van der Waals surface area contributed by atoms with Gasteiger partial charge in [-0.3, -0.25) is 4.98 Å². The summed E-state index contributed by atoms with van der Waals surface area (Å²) in [5, 5.41) is 0. The van der Waals surface area contributed by atoms with Crippen LogP contribution < -0.4 is 0 Å². The minimum absolute atomic E-state index is 0.366. The summed E-state index contributed by atoms with van der Waals surface area (Å²) >= 11 is 0. The smallest absolute Gasteiger partial charge is 0.0475 e. The second kappa shape index (κ2) is 4.29. The van der Waals surface area contributed by atoms with E-state index in [1.165, 1.54) is 29.7 Å². The summed E-state index contributed by atoms with van der Waals surface area (Å²) in [7, 11) is 0. The van der Waals surface area contributed by atoms with Gasteiger partial charge in [-0.05, 0) is 50.7 Å². The van der Waals surface area contributed by atoms with Crippen LogP contribution >= 0.6 is 0 Å². The molecule has 0 N–H and O–H groups in total. The van der Waals surface area contributed by atoms with Crippen LogP contribution in [0.15, 0.2) is 29.5 Å². The van der Waals surface area contributed by atoms with Gasteiger partial charge in [0, 0.05) is 17.8 Å². The predicted molar refractivity (Wildman–Crippen MR) is 73.1 cm³/mol. The van der Waals surface area contributed by atoms with E-state index in [2.05, 4.69) is 51.7 Å². The highest BCUT2D eigenvalue weighted by Crippen LogP contribution is 2.45. The molecule has 0 aromatic carbocycles. The van der Waals surface area contributed by atoms with Gasteiger partial charge in [0.1, 0.15) is 0 Å². The first-order chi connectivity index (χ1) is 7.92. The van der Waals surface area contributed by atoms with Gasteiger partial charge in [-0.25, -0.2) is 0 Å². The van der Waals surface area contributed by atoms with E-state index < -0.39 is 0 Å². The Morgan fingerprint density at radius 2 is 1.88 bits per heavy atom. The zero-order chi connectivity index (χ0) is 12.6. The third-order valence-corrected chi connectivity index (χ3v) is 4.48. The molecule has 2 rings (SSSR count). The highest BCUT2D eigenvalue weighted by Gasteiger charge is 2.31. The van der Waals surface area contributed by atoms with Crippen LogP contribution in [0.25, 0.3) is 0 Å². The van der Waals surface area contributed by atoms with Gasteiger partial charge in [0.2, 0.25) is 0 Å². The average molecular weight is 229 g/mol. The largest absolute Gasteiger partial charge is 0.260 e. The van der Waals surface area contributed by atoms with Gasteiger partial charge in [-0.2, -0.15) is 0 Å². The number of nitrogens with zero attached hydrogens (tertiary/aromatic N) is 1. The van der Waals surface area contributed by atoms with Crippen molar-refractivity contribution in [2.24, 2.45) is 5.41 Å². The molecule has 1 aliphatic rings. The van der Waals surface area contributed by atoms with E-state index in [4.69, 9.17) is 0 Å². The maximum Gasteiger partial charge on any atom is 0.0475 e. The minimum Gasteiger partial charge on any atom is -0.260 e. The van der Waals surface area contributed by atoms with Crippen molar-refractivity contribution in [1.82, 2.24) is 4.98 Å². The number of hydrogen-bond acceptors (Lipinski definition) is 1. The molecular formula is C16H23N. The normalized spacial score (nSPS) is 23.9. The Labute approximate surface area is 105 Å². The Morgan fingerprint density at radius 3 is 2.47 bits per heavy atom. The van der Waals surface area contributed by atoms with E-state index in [0.717, 1.165) is 0 Å². The summed E-state index contributed by atoms with van der Waals surface area (Å²) in [5.74, 6) is 0.531. The van der Waals surface area contributed by atoms with Gasteiger partial charge in [0.05, 0.1) is 0 Å². The molecule has 1 heterocycles. The Bertz CT molecular complexity index is 437. The Balaban J connectivity index is 2.36. The molecule has 1 heteroatoms. The topological polar surface area (TPSA) is 12.9 Å². The second-order valence-electron chi connectivity index (χ2n) is 6.04. The minimum atomic E-state index is 0.366. The summed E-state index contributed by atoms with van der Waals surface area (Å²) in [5.41, 5.74) is 5.92. The molecule has 1 nitrogen and oxygen atoms in total. The molecule has 0 saturated heterocycles. The second-order valence-corrected chi connectivity index (χ2v) is 6.04. The zero-order valence-electron chi connectivity index (χ0n) is 11.7. The fourth-order valence-electron chi connectivity index (χ4n) is 2.76. The van der Waals surface area contributed by atoms with Crippen molar-refractivity contribution in [3.05, 3.63) is 40.7 Å². The Morgan fingerprint density at radius 1 is 1.18 bits per heavy atom. The standard InChI is InChI=1S/C16H23N/c1-11-6-7-15(17-10-11)14-8-9-16(4,5)13(3)12(14)2/h6-7,10,14H,8-9H2,1-5H3. The van der Waals surface area contributed by atoms with Gasteiger partial charge in [-0.15, -0.1) is 0 Å². The van der Waals surface area contributed by atoms with E-state index in [0.29, 0.717) is 11.3 Å². The Hall–Kier alpha value is -1.11. The van der Waals surface area contributed by atoms with Crippen molar-refractivity contribution in [2.75, 3.05) is 0 Å². The molecular weight excluding hydrogens is 206 g/mol. The van der Waals surface area contributed by atoms with Crippen molar-refractivity contribution < 1.29 is 0 Å². The van der Waals surface area contributed by atoms with Crippen LogP contribution in [-0.2, 0) is 0 Å². The van der Waals surface area contributed by atoms with Crippen LogP contribution in [0.4, 0.5) is 0 Å². The van der Waals surface area contributed by atoms with Crippen LogP contribution in [0.1, 0.15) is 57.7 Å². The predicted octanol–water partition coefficient (Wildman–Crippen LogP) is 4.63. The van der Waals surface area contributed by atoms with E-state index in [1.54, 1.807) is 5.57 Å². The molecule has 1 aliphatic carbocycles. The first-order valence-electron chi connectivity index (χ1n) is 6.52. The first kappa shape index (κ1) is 12.3. The quantitative estimate of drug-likeness (QED) is 0.640. The van der Waals surface area contributed by atoms with Crippen LogP contribution in [0.5, 0.6) is 0 Å². The summed E-state index contributed by atoms with van der Waals surface area (Å²) in [6.45, 7) is 11.4. The lowest BCUT2D eigenvalue weighted by atomic mass is 9.69. The number of aryl methyl sites for hydroxylation is 1. The van der Waals surface area contributed by atoms with E-state index >= 15 is 0 Å². The zero-order valence-corrected chi connectivity index (χ0v) is 11.7. The number of allylic oxidation sites excluding steroid dienone is 2. The molecule has 0 aliphatic heterocycles. The third kappa shape index (κ3) is 2.29. The fourth-order valence-corrected chi connectivity index (χ4v) is 2.76. The molecule has 0 fully saturated rings. The molecule has 0 amide bonds. The fraction of sp³-hybridized carbons (Fsp3) is 0.562. The third-order valence-electron chi connectivity index (χ3n) is 4.48. The molecule has 1 atom stereocenters. The van der Waals surface area contributed by atoms with Gasteiger partial charge in [0.15, 0.2) is 0 Å². The molecule has 1 aromatic rings. The first-order valence-corrected chi connectivity index (χ1v) is 6.52. The molecule has 0 saturated carbocycles. The van der Waals surface area contributed by atoms with E-state index in [1.807, 2.05) is 6.20 Å². The SMILES string of the molecule is CC1=C(C)C(C)(C)CCC1c1ccc(C)cn1. The van der Waals surface area contributed by atoms with Crippen LogP contribution in [0.3, 0.4) is 0 Å². The van der Waals surface area contributed by atoms with Gasteiger partial charge in [0.25, 0.3) is 0 Å². The maximum absolute atomic E-state index is 4.60. The van der Waals surface area contributed by atoms with Crippen LogP contribution in [0.2, 0.25) is 0 Å². The number of aromatic nitrogens is 1. The molecule has 0 bridgehead atoms. The molecule has 0 spiro atoms. The molecule has 17 heavy (non-hydrogen) atoms. The van der Waals surface area contributed by atoms with Crippen molar-refractivity contribution in [3.8, 4) is 0 Å². The van der Waals surface area contributed by atoms with Crippen molar-refractivity contribution >= 4 is 0 Å². The molecule has 92 valence electrons. The number of pyridine rings is 1.